The predicted molar refractivity (Wildman–Crippen MR) is 79.7 cm³/mol. The van der Waals surface area contributed by atoms with Crippen LogP contribution in [0.3, 0.4) is 0 Å². The second kappa shape index (κ2) is 6.05. The van der Waals surface area contributed by atoms with Crippen LogP contribution in [-0.4, -0.2) is 41.5 Å². The maximum absolute atomic E-state index is 12.1. The van der Waals surface area contributed by atoms with Crippen molar-refractivity contribution < 1.29 is 4.74 Å². The number of aromatic nitrogens is 3. The monoisotopic (exact) mass is 286 g/mol. The largest absolute Gasteiger partial charge is 0.378 e. The number of nitrogens with one attached hydrogen (secondary N) is 1. The van der Waals surface area contributed by atoms with E-state index in [2.05, 4.69) is 15.2 Å². The first kappa shape index (κ1) is 13.8. The van der Waals surface area contributed by atoms with Crippen LogP contribution < -0.4 is 10.5 Å². The van der Waals surface area contributed by atoms with E-state index in [9.17, 15) is 4.79 Å². The highest BCUT2D eigenvalue weighted by molar-refractivity contribution is 5.29. The van der Waals surface area contributed by atoms with Crippen LogP contribution in [0.25, 0.3) is 0 Å². The molecule has 1 N–H and O–H groups in total. The molecule has 1 fully saturated rings. The van der Waals surface area contributed by atoms with E-state index in [1.54, 1.807) is 0 Å². The number of anilines is 1. The summed E-state index contributed by atoms with van der Waals surface area (Å²) in [5, 5.41) is 8.24. The third kappa shape index (κ3) is 3.28. The van der Waals surface area contributed by atoms with Crippen molar-refractivity contribution in [2.75, 3.05) is 31.2 Å². The Bertz CT molecular complexity index is 660. The molecule has 0 radical (unpaired) electrons. The molecule has 2 heterocycles. The minimum Gasteiger partial charge on any atom is -0.378 e. The van der Waals surface area contributed by atoms with Crippen LogP contribution in [0.5, 0.6) is 0 Å². The zero-order valence-corrected chi connectivity index (χ0v) is 12.0. The zero-order valence-electron chi connectivity index (χ0n) is 12.0. The lowest BCUT2D eigenvalue weighted by molar-refractivity contribution is 0.122. The zero-order chi connectivity index (χ0) is 14.7. The van der Waals surface area contributed by atoms with E-state index in [0.29, 0.717) is 31.3 Å². The summed E-state index contributed by atoms with van der Waals surface area (Å²) in [6.45, 7) is 4.78. The molecule has 0 saturated carbocycles. The maximum Gasteiger partial charge on any atom is 0.274 e. The lowest BCUT2D eigenvalue weighted by Gasteiger charge is -2.26. The number of hydrogen-bond acceptors (Lipinski definition) is 5. The molecule has 6 nitrogen and oxygen atoms in total. The average molecular weight is 286 g/mol. The third-order valence-corrected chi connectivity index (χ3v) is 3.56. The fourth-order valence-electron chi connectivity index (χ4n) is 2.28. The molecule has 1 aliphatic rings. The molecular weight excluding hydrogens is 268 g/mol. The summed E-state index contributed by atoms with van der Waals surface area (Å²) in [5.41, 5.74) is 2.52. The molecule has 2 aromatic rings. The standard InChI is InChI=1S/C15H18N4O2/c1-11-2-4-12(5-3-11)10-13-14(20)16-15(18-17-13)19-6-8-21-9-7-19/h2-5H,6-10H2,1H3,(H,16,18,20). The number of ether oxygens (including phenoxy) is 1. The van der Waals surface area contributed by atoms with Gasteiger partial charge in [-0.25, -0.2) is 0 Å². The Morgan fingerprint density at radius 1 is 1.19 bits per heavy atom. The van der Waals surface area contributed by atoms with Gasteiger partial charge in [-0.3, -0.25) is 9.78 Å². The summed E-state index contributed by atoms with van der Waals surface area (Å²) in [4.78, 5) is 16.9. The minimum atomic E-state index is -0.174. The molecule has 1 aromatic heterocycles. The molecule has 110 valence electrons. The number of morpholine rings is 1. The summed E-state index contributed by atoms with van der Waals surface area (Å²) in [6, 6.07) is 8.07. The maximum atomic E-state index is 12.1. The fraction of sp³-hybridized carbons (Fsp3) is 0.400. The molecule has 6 heteroatoms. The number of H-pyrrole nitrogens is 1. The summed E-state index contributed by atoms with van der Waals surface area (Å²) in [5.74, 6) is 0.524. The number of aromatic amines is 1. The Hall–Kier alpha value is -2.21. The molecule has 1 aromatic carbocycles. The summed E-state index contributed by atoms with van der Waals surface area (Å²) in [6.07, 6.45) is 0.492. The van der Waals surface area contributed by atoms with Crippen molar-refractivity contribution in [3.05, 3.63) is 51.4 Å². The molecule has 0 spiro atoms. The Balaban J connectivity index is 1.77. The van der Waals surface area contributed by atoms with Crippen molar-refractivity contribution >= 4 is 5.95 Å². The number of hydrogen-bond donors (Lipinski definition) is 1. The SMILES string of the molecule is Cc1ccc(Cc2nnc(N3CCOCC3)[nH]c2=O)cc1. The highest BCUT2D eigenvalue weighted by Gasteiger charge is 2.15. The Morgan fingerprint density at radius 3 is 2.57 bits per heavy atom. The van der Waals surface area contributed by atoms with Crippen LogP contribution in [0.1, 0.15) is 16.8 Å². The molecule has 3 rings (SSSR count). The summed E-state index contributed by atoms with van der Waals surface area (Å²) in [7, 11) is 0. The summed E-state index contributed by atoms with van der Waals surface area (Å²) >= 11 is 0. The average Bonchev–Trinajstić information content (AvgIpc) is 2.52. The highest BCUT2D eigenvalue weighted by Crippen LogP contribution is 2.08. The van der Waals surface area contributed by atoms with Crippen molar-refractivity contribution in [1.82, 2.24) is 15.2 Å². The van der Waals surface area contributed by atoms with Gasteiger partial charge in [0.2, 0.25) is 5.95 Å². The van der Waals surface area contributed by atoms with Gasteiger partial charge in [-0.1, -0.05) is 29.8 Å². The van der Waals surface area contributed by atoms with Gasteiger partial charge in [0, 0.05) is 19.5 Å². The van der Waals surface area contributed by atoms with E-state index in [1.165, 1.54) is 5.56 Å². The normalized spacial score (nSPS) is 15.2. The Morgan fingerprint density at radius 2 is 1.90 bits per heavy atom. The molecule has 0 bridgehead atoms. The molecule has 0 atom stereocenters. The van der Waals surface area contributed by atoms with Crippen LogP contribution in [0.2, 0.25) is 0 Å². The van der Waals surface area contributed by atoms with Gasteiger partial charge in [-0.15, -0.1) is 10.2 Å². The smallest absolute Gasteiger partial charge is 0.274 e. The van der Waals surface area contributed by atoms with Gasteiger partial charge >= 0.3 is 0 Å². The minimum absolute atomic E-state index is 0.174. The third-order valence-electron chi connectivity index (χ3n) is 3.56. The molecule has 0 aliphatic carbocycles. The van der Waals surface area contributed by atoms with Gasteiger partial charge in [-0.05, 0) is 12.5 Å². The molecule has 0 unspecified atom stereocenters. The molecule has 1 aliphatic heterocycles. The van der Waals surface area contributed by atoms with Gasteiger partial charge in [0.15, 0.2) is 0 Å². The van der Waals surface area contributed by atoms with Gasteiger partial charge in [0.25, 0.3) is 5.56 Å². The number of nitrogens with zero attached hydrogens (tertiary/aromatic N) is 3. The quantitative estimate of drug-likeness (QED) is 0.907. The van der Waals surface area contributed by atoms with E-state index < -0.39 is 0 Å². The van der Waals surface area contributed by atoms with Crippen LogP contribution in [-0.2, 0) is 11.2 Å². The second-order valence-corrected chi connectivity index (χ2v) is 5.19. The molecule has 21 heavy (non-hydrogen) atoms. The number of benzene rings is 1. The Kier molecular flexibility index (Phi) is 3.96. The van der Waals surface area contributed by atoms with Crippen molar-refractivity contribution in [2.45, 2.75) is 13.3 Å². The van der Waals surface area contributed by atoms with Crippen LogP contribution >= 0.6 is 0 Å². The van der Waals surface area contributed by atoms with Crippen molar-refractivity contribution in [3.63, 3.8) is 0 Å². The van der Waals surface area contributed by atoms with Crippen molar-refractivity contribution in [2.24, 2.45) is 0 Å². The van der Waals surface area contributed by atoms with Gasteiger partial charge in [0.05, 0.1) is 13.2 Å². The van der Waals surface area contributed by atoms with Gasteiger partial charge < -0.3 is 9.64 Å². The van der Waals surface area contributed by atoms with Crippen molar-refractivity contribution in [1.29, 1.82) is 0 Å². The lowest BCUT2D eigenvalue weighted by Crippen LogP contribution is -2.38. The molecular formula is C15H18N4O2. The topological polar surface area (TPSA) is 71.1 Å². The molecule has 0 amide bonds. The van der Waals surface area contributed by atoms with E-state index >= 15 is 0 Å². The van der Waals surface area contributed by atoms with Crippen LogP contribution in [0.4, 0.5) is 5.95 Å². The van der Waals surface area contributed by atoms with E-state index in [4.69, 9.17) is 4.74 Å². The van der Waals surface area contributed by atoms with Crippen LogP contribution in [0, 0.1) is 6.92 Å². The number of aryl methyl sites for hydroxylation is 1. The highest BCUT2D eigenvalue weighted by atomic mass is 16.5. The van der Waals surface area contributed by atoms with Crippen molar-refractivity contribution in [3.8, 4) is 0 Å². The van der Waals surface area contributed by atoms with Gasteiger partial charge in [-0.2, -0.15) is 0 Å². The first-order valence-electron chi connectivity index (χ1n) is 7.06. The lowest BCUT2D eigenvalue weighted by atomic mass is 10.1. The van der Waals surface area contributed by atoms with E-state index in [0.717, 1.165) is 18.7 Å². The van der Waals surface area contributed by atoms with Gasteiger partial charge in [0.1, 0.15) is 5.69 Å². The first-order valence-corrected chi connectivity index (χ1v) is 7.06. The van der Waals surface area contributed by atoms with E-state index in [-0.39, 0.29) is 5.56 Å². The Labute approximate surface area is 122 Å². The second-order valence-electron chi connectivity index (χ2n) is 5.19. The number of rotatable bonds is 3. The van der Waals surface area contributed by atoms with E-state index in [1.807, 2.05) is 36.1 Å². The first-order chi connectivity index (χ1) is 10.2. The fourth-order valence-corrected chi connectivity index (χ4v) is 2.28. The predicted octanol–water partition coefficient (Wildman–Crippen LogP) is 0.901. The van der Waals surface area contributed by atoms with Crippen LogP contribution in [0.15, 0.2) is 29.1 Å². The summed E-state index contributed by atoms with van der Waals surface area (Å²) < 4.78 is 5.28. The molecule has 1 saturated heterocycles.